The standard InChI is InChI=1S/C18H23NO3S/c1-4-19(14(2)13-23(3,21)22)18(20)12-16-10-7-9-15-8-5-6-11-17(15)16/h5-11,14H,4,12-13H2,1-3H3. The lowest BCUT2D eigenvalue weighted by Crippen LogP contribution is -2.42. The number of carbonyl (C=O) groups excluding carboxylic acids is 1. The summed E-state index contributed by atoms with van der Waals surface area (Å²) in [6, 6.07) is 13.6. The molecule has 2 rings (SSSR count). The van der Waals surface area contributed by atoms with Crippen LogP contribution < -0.4 is 0 Å². The Morgan fingerprint density at radius 1 is 1.13 bits per heavy atom. The van der Waals surface area contributed by atoms with Gasteiger partial charge in [-0.25, -0.2) is 8.42 Å². The molecule has 0 aliphatic heterocycles. The van der Waals surface area contributed by atoms with E-state index in [2.05, 4.69) is 0 Å². The van der Waals surface area contributed by atoms with E-state index in [4.69, 9.17) is 0 Å². The molecule has 0 N–H and O–H groups in total. The van der Waals surface area contributed by atoms with E-state index >= 15 is 0 Å². The number of nitrogens with zero attached hydrogens (tertiary/aromatic N) is 1. The van der Waals surface area contributed by atoms with Gasteiger partial charge in [-0.15, -0.1) is 0 Å². The number of likely N-dealkylation sites (N-methyl/N-ethyl adjacent to an activating group) is 1. The lowest BCUT2D eigenvalue weighted by molar-refractivity contribution is -0.131. The van der Waals surface area contributed by atoms with Crippen molar-refractivity contribution in [2.24, 2.45) is 0 Å². The van der Waals surface area contributed by atoms with E-state index in [0.29, 0.717) is 6.54 Å². The molecule has 1 atom stereocenters. The molecule has 0 bridgehead atoms. The number of hydrogen-bond donors (Lipinski definition) is 0. The maximum atomic E-state index is 12.6. The molecule has 0 fully saturated rings. The smallest absolute Gasteiger partial charge is 0.227 e. The predicted molar refractivity (Wildman–Crippen MR) is 94.2 cm³/mol. The minimum absolute atomic E-state index is 0.0118. The molecule has 23 heavy (non-hydrogen) atoms. The van der Waals surface area contributed by atoms with Crippen LogP contribution in [-0.4, -0.2) is 43.8 Å². The summed E-state index contributed by atoms with van der Waals surface area (Å²) in [5.74, 6) is -0.0535. The summed E-state index contributed by atoms with van der Waals surface area (Å²) in [4.78, 5) is 14.3. The third-order valence-corrected chi connectivity index (χ3v) is 5.05. The van der Waals surface area contributed by atoms with Crippen LogP contribution in [0.2, 0.25) is 0 Å². The van der Waals surface area contributed by atoms with E-state index < -0.39 is 9.84 Å². The summed E-state index contributed by atoms with van der Waals surface area (Å²) in [6.45, 7) is 4.16. The zero-order valence-electron chi connectivity index (χ0n) is 13.8. The van der Waals surface area contributed by atoms with Crippen LogP contribution in [0.15, 0.2) is 42.5 Å². The van der Waals surface area contributed by atoms with Gasteiger partial charge in [-0.2, -0.15) is 0 Å². The zero-order valence-corrected chi connectivity index (χ0v) is 14.6. The van der Waals surface area contributed by atoms with Crippen LogP contribution in [0, 0.1) is 0 Å². The molecule has 0 heterocycles. The largest absolute Gasteiger partial charge is 0.339 e. The Morgan fingerprint density at radius 3 is 2.43 bits per heavy atom. The molecule has 0 radical (unpaired) electrons. The summed E-state index contributed by atoms with van der Waals surface area (Å²) in [5.41, 5.74) is 0.970. The Morgan fingerprint density at radius 2 is 1.78 bits per heavy atom. The number of amides is 1. The molecule has 0 spiro atoms. The molecule has 124 valence electrons. The maximum Gasteiger partial charge on any atom is 0.227 e. The van der Waals surface area contributed by atoms with Crippen molar-refractivity contribution in [2.45, 2.75) is 26.3 Å². The van der Waals surface area contributed by atoms with Crippen molar-refractivity contribution in [2.75, 3.05) is 18.6 Å². The molecule has 1 unspecified atom stereocenters. The number of hydrogen-bond acceptors (Lipinski definition) is 3. The second-order valence-electron chi connectivity index (χ2n) is 5.94. The van der Waals surface area contributed by atoms with Gasteiger partial charge in [-0.1, -0.05) is 42.5 Å². The van der Waals surface area contributed by atoms with Crippen molar-refractivity contribution < 1.29 is 13.2 Å². The second kappa shape index (κ2) is 7.13. The van der Waals surface area contributed by atoms with Crippen molar-refractivity contribution in [3.63, 3.8) is 0 Å². The molecule has 0 aromatic heterocycles. The van der Waals surface area contributed by atoms with Gasteiger partial charge in [0.05, 0.1) is 12.2 Å². The predicted octanol–water partition coefficient (Wildman–Crippen LogP) is 2.66. The maximum absolute atomic E-state index is 12.6. The van der Waals surface area contributed by atoms with Crippen LogP contribution in [0.3, 0.4) is 0 Å². The summed E-state index contributed by atoms with van der Waals surface area (Å²) >= 11 is 0. The molecule has 5 heteroatoms. The minimum Gasteiger partial charge on any atom is -0.339 e. The van der Waals surface area contributed by atoms with E-state index in [-0.39, 0.29) is 24.1 Å². The molecule has 0 aliphatic carbocycles. The quantitative estimate of drug-likeness (QED) is 0.817. The summed E-state index contributed by atoms with van der Waals surface area (Å²) < 4.78 is 23.0. The van der Waals surface area contributed by atoms with Gasteiger partial charge < -0.3 is 4.90 Å². The van der Waals surface area contributed by atoms with E-state index in [1.54, 1.807) is 11.8 Å². The highest BCUT2D eigenvalue weighted by Gasteiger charge is 2.22. The molecular weight excluding hydrogens is 310 g/mol. The molecular formula is C18H23NO3S. The SMILES string of the molecule is CCN(C(=O)Cc1cccc2ccccc12)C(C)CS(C)(=O)=O. The first-order chi connectivity index (χ1) is 10.8. The van der Waals surface area contributed by atoms with Crippen molar-refractivity contribution in [3.8, 4) is 0 Å². The van der Waals surface area contributed by atoms with Crippen LogP contribution in [0.1, 0.15) is 19.4 Å². The van der Waals surface area contributed by atoms with E-state index in [1.165, 1.54) is 6.26 Å². The highest BCUT2D eigenvalue weighted by Crippen LogP contribution is 2.20. The minimum atomic E-state index is -3.11. The normalized spacial score (nSPS) is 13.0. The van der Waals surface area contributed by atoms with Gasteiger partial charge in [0, 0.05) is 18.8 Å². The Hall–Kier alpha value is -1.88. The Balaban J connectivity index is 2.22. The van der Waals surface area contributed by atoms with Crippen LogP contribution in [-0.2, 0) is 21.1 Å². The Kier molecular flexibility index (Phi) is 5.42. The molecule has 0 saturated heterocycles. The van der Waals surface area contributed by atoms with Gasteiger partial charge in [-0.3, -0.25) is 4.79 Å². The van der Waals surface area contributed by atoms with E-state index in [1.807, 2.05) is 49.4 Å². The zero-order chi connectivity index (χ0) is 17.0. The second-order valence-corrected chi connectivity index (χ2v) is 8.12. The monoisotopic (exact) mass is 333 g/mol. The van der Waals surface area contributed by atoms with Gasteiger partial charge in [0.25, 0.3) is 0 Å². The average molecular weight is 333 g/mol. The number of fused-ring (bicyclic) bond motifs is 1. The first-order valence-electron chi connectivity index (χ1n) is 7.75. The summed E-state index contributed by atoms with van der Waals surface area (Å²) in [7, 11) is -3.11. The molecule has 2 aromatic carbocycles. The Bertz CT molecular complexity index is 794. The number of sulfone groups is 1. The Labute approximate surface area is 138 Å². The topological polar surface area (TPSA) is 54.5 Å². The number of carbonyl (C=O) groups is 1. The fraction of sp³-hybridized carbons (Fsp3) is 0.389. The molecule has 2 aromatic rings. The first kappa shape index (κ1) is 17.5. The van der Waals surface area contributed by atoms with Crippen LogP contribution in [0.25, 0.3) is 10.8 Å². The fourth-order valence-corrected chi connectivity index (χ4v) is 4.03. The van der Waals surface area contributed by atoms with E-state index in [9.17, 15) is 13.2 Å². The van der Waals surface area contributed by atoms with Crippen molar-refractivity contribution in [1.82, 2.24) is 4.90 Å². The third-order valence-electron chi connectivity index (χ3n) is 3.96. The highest BCUT2D eigenvalue weighted by atomic mass is 32.2. The van der Waals surface area contributed by atoms with Gasteiger partial charge >= 0.3 is 0 Å². The number of benzene rings is 2. The van der Waals surface area contributed by atoms with Crippen molar-refractivity contribution >= 4 is 26.5 Å². The molecule has 0 aliphatic rings. The van der Waals surface area contributed by atoms with Crippen LogP contribution >= 0.6 is 0 Å². The summed E-state index contributed by atoms with van der Waals surface area (Å²) in [6.07, 6.45) is 1.48. The first-order valence-corrected chi connectivity index (χ1v) is 9.81. The average Bonchev–Trinajstić information content (AvgIpc) is 2.46. The van der Waals surface area contributed by atoms with Gasteiger partial charge in [0.2, 0.25) is 5.91 Å². The number of rotatable bonds is 6. The van der Waals surface area contributed by atoms with Crippen LogP contribution in [0.5, 0.6) is 0 Å². The van der Waals surface area contributed by atoms with Gasteiger partial charge in [0.1, 0.15) is 9.84 Å². The van der Waals surface area contributed by atoms with Crippen molar-refractivity contribution in [3.05, 3.63) is 48.0 Å². The lowest BCUT2D eigenvalue weighted by atomic mass is 10.0. The highest BCUT2D eigenvalue weighted by molar-refractivity contribution is 7.90. The van der Waals surface area contributed by atoms with Gasteiger partial charge in [0.15, 0.2) is 0 Å². The van der Waals surface area contributed by atoms with Gasteiger partial charge in [-0.05, 0) is 30.2 Å². The lowest BCUT2D eigenvalue weighted by Gasteiger charge is -2.28. The van der Waals surface area contributed by atoms with Crippen molar-refractivity contribution in [1.29, 1.82) is 0 Å². The molecule has 1 amide bonds. The van der Waals surface area contributed by atoms with E-state index in [0.717, 1.165) is 16.3 Å². The summed E-state index contributed by atoms with van der Waals surface area (Å²) in [5, 5.41) is 2.17. The third kappa shape index (κ3) is 4.55. The molecule has 0 saturated carbocycles. The molecule has 4 nitrogen and oxygen atoms in total. The fourth-order valence-electron chi connectivity index (χ4n) is 2.97. The van der Waals surface area contributed by atoms with Crippen LogP contribution in [0.4, 0.5) is 0 Å².